The van der Waals surface area contributed by atoms with Crippen LogP contribution in [0.2, 0.25) is 0 Å². The lowest BCUT2D eigenvalue weighted by Crippen LogP contribution is -2.51. The van der Waals surface area contributed by atoms with E-state index in [4.69, 9.17) is 15.2 Å². The maximum Gasteiger partial charge on any atom is 0.169 e. The Kier molecular flexibility index (Phi) is 5.53. The van der Waals surface area contributed by atoms with Crippen molar-refractivity contribution in [2.45, 2.75) is 44.6 Å². The molecule has 0 aromatic heterocycles. The van der Waals surface area contributed by atoms with Crippen molar-refractivity contribution < 1.29 is 9.47 Å². The van der Waals surface area contributed by atoms with Gasteiger partial charge in [0, 0.05) is 32.8 Å². The highest BCUT2D eigenvalue weighted by atomic mass is 16.7. The van der Waals surface area contributed by atoms with E-state index in [2.05, 4.69) is 11.8 Å². The van der Waals surface area contributed by atoms with Gasteiger partial charge < -0.3 is 15.2 Å². The molecule has 1 aliphatic rings. The van der Waals surface area contributed by atoms with E-state index >= 15 is 0 Å². The van der Waals surface area contributed by atoms with Crippen molar-refractivity contribution in [1.29, 1.82) is 0 Å². The lowest BCUT2D eigenvalue weighted by Gasteiger charge is -2.39. The molecule has 2 atom stereocenters. The number of hydrogen-bond acceptors (Lipinski definition) is 4. The van der Waals surface area contributed by atoms with Gasteiger partial charge in [-0.2, -0.15) is 0 Å². The quantitative estimate of drug-likeness (QED) is 0.691. The van der Waals surface area contributed by atoms with Crippen LogP contribution in [0.15, 0.2) is 0 Å². The predicted octanol–water partition coefficient (Wildman–Crippen LogP) is 0.807. The molecule has 1 heterocycles. The molecule has 0 saturated carbocycles. The standard InChI is InChI=1S/C11H24N2O2/c1-9(12)10-6-4-5-7-13(10)8-11(14-2)15-3/h9-11H,4-8,12H2,1-3H3. The minimum absolute atomic E-state index is 0.135. The molecule has 15 heavy (non-hydrogen) atoms. The second-order valence-corrected chi connectivity index (χ2v) is 4.32. The van der Waals surface area contributed by atoms with Crippen LogP contribution in [0.3, 0.4) is 0 Å². The largest absolute Gasteiger partial charge is 0.355 e. The third kappa shape index (κ3) is 3.72. The number of likely N-dealkylation sites (tertiary alicyclic amines) is 1. The minimum Gasteiger partial charge on any atom is -0.355 e. The highest BCUT2D eigenvalue weighted by molar-refractivity contribution is 4.83. The summed E-state index contributed by atoms with van der Waals surface area (Å²) in [7, 11) is 3.36. The second-order valence-electron chi connectivity index (χ2n) is 4.32. The zero-order valence-corrected chi connectivity index (χ0v) is 10.1. The summed E-state index contributed by atoms with van der Waals surface area (Å²) in [6.07, 6.45) is 3.60. The number of hydrogen-bond donors (Lipinski definition) is 1. The number of nitrogens with zero attached hydrogens (tertiary/aromatic N) is 1. The smallest absolute Gasteiger partial charge is 0.169 e. The van der Waals surface area contributed by atoms with E-state index in [-0.39, 0.29) is 12.3 Å². The fourth-order valence-electron chi connectivity index (χ4n) is 2.28. The molecule has 0 bridgehead atoms. The summed E-state index contributed by atoms with van der Waals surface area (Å²) >= 11 is 0. The molecule has 1 aliphatic heterocycles. The Hall–Kier alpha value is -0.160. The average molecular weight is 216 g/mol. The molecular formula is C11H24N2O2. The zero-order chi connectivity index (χ0) is 11.3. The number of ether oxygens (including phenoxy) is 2. The lowest BCUT2D eigenvalue weighted by molar-refractivity contribution is -0.123. The van der Waals surface area contributed by atoms with Gasteiger partial charge in [0.1, 0.15) is 0 Å². The van der Waals surface area contributed by atoms with Crippen molar-refractivity contribution in [1.82, 2.24) is 4.90 Å². The summed E-state index contributed by atoms with van der Waals surface area (Å²) in [4.78, 5) is 2.39. The van der Waals surface area contributed by atoms with Gasteiger partial charge in [0.2, 0.25) is 0 Å². The van der Waals surface area contributed by atoms with Crippen LogP contribution in [-0.4, -0.2) is 50.6 Å². The first-order chi connectivity index (χ1) is 7.19. The van der Waals surface area contributed by atoms with Gasteiger partial charge >= 0.3 is 0 Å². The highest BCUT2D eigenvalue weighted by Gasteiger charge is 2.27. The fourth-order valence-corrected chi connectivity index (χ4v) is 2.28. The first-order valence-electron chi connectivity index (χ1n) is 5.74. The Morgan fingerprint density at radius 1 is 1.33 bits per heavy atom. The molecule has 0 aromatic carbocycles. The number of rotatable bonds is 5. The van der Waals surface area contributed by atoms with Crippen molar-refractivity contribution in [3.05, 3.63) is 0 Å². The molecule has 1 rings (SSSR count). The minimum atomic E-state index is -0.135. The first-order valence-corrected chi connectivity index (χ1v) is 5.74. The van der Waals surface area contributed by atoms with E-state index in [1.54, 1.807) is 14.2 Å². The SMILES string of the molecule is COC(CN1CCCCC1C(C)N)OC. The molecule has 0 aromatic rings. The first kappa shape index (κ1) is 12.9. The van der Waals surface area contributed by atoms with E-state index in [0.29, 0.717) is 6.04 Å². The Labute approximate surface area is 92.7 Å². The summed E-state index contributed by atoms with van der Waals surface area (Å²) in [5, 5.41) is 0. The van der Waals surface area contributed by atoms with E-state index < -0.39 is 0 Å². The van der Waals surface area contributed by atoms with Crippen molar-refractivity contribution in [3.8, 4) is 0 Å². The van der Waals surface area contributed by atoms with Gasteiger partial charge in [-0.25, -0.2) is 0 Å². The van der Waals surface area contributed by atoms with Crippen LogP contribution < -0.4 is 5.73 Å². The van der Waals surface area contributed by atoms with Gasteiger partial charge in [-0.1, -0.05) is 6.42 Å². The van der Waals surface area contributed by atoms with Crippen molar-refractivity contribution >= 4 is 0 Å². The fraction of sp³-hybridized carbons (Fsp3) is 1.00. The number of methoxy groups -OCH3 is 2. The average Bonchev–Trinajstić information content (AvgIpc) is 2.26. The Morgan fingerprint density at radius 3 is 2.53 bits per heavy atom. The highest BCUT2D eigenvalue weighted by Crippen LogP contribution is 2.19. The maximum absolute atomic E-state index is 5.99. The third-order valence-electron chi connectivity index (χ3n) is 3.18. The van der Waals surface area contributed by atoms with Crippen LogP contribution in [0.25, 0.3) is 0 Å². The Bertz CT molecular complexity index is 172. The molecule has 4 nitrogen and oxygen atoms in total. The number of piperidine rings is 1. The van der Waals surface area contributed by atoms with Crippen LogP contribution >= 0.6 is 0 Å². The molecule has 1 saturated heterocycles. The second kappa shape index (κ2) is 6.43. The molecule has 0 aliphatic carbocycles. The van der Waals surface area contributed by atoms with Crippen LogP contribution in [0.5, 0.6) is 0 Å². The molecule has 4 heteroatoms. The summed E-state index contributed by atoms with van der Waals surface area (Å²) in [5.41, 5.74) is 5.99. The zero-order valence-electron chi connectivity index (χ0n) is 10.1. The van der Waals surface area contributed by atoms with E-state index in [1.165, 1.54) is 19.3 Å². The molecule has 2 N–H and O–H groups in total. The van der Waals surface area contributed by atoms with Gasteiger partial charge in [0.15, 0.2) is 6.29 Å². The molecule has 90 valence electrons. The normalized spacial score (nSPS) is 25.8. The summed E-state index contributed by atoms with van der Waals surface area (Å²) in [6, 6.07) is 0.700. The van der Waals surface area contributed by atoms with Gasteiger partial charge in [0.05, 0.1) is 0 Å². The molecule has 0 spiro atoms. The van der Waals surface area contributed by atoms with Crippen LogP contribution in [0.4, 0.5) is 0 Å². The molecule has 0 radical (unpaired) electrons. The van der Waals surface area contributed by atoms with Crippen molar-refractivity contribution in [3.63, 3.8) is 0 Å². The van der Waals surface area contributed by atoms with E-state index in [9.17, 15) is 0 Å². The van der Waals surface area contributed by atoms with Gasteiger partial charge in [-0.05, 0) is 26.3 Å². The molecular weight excluding hydrogens is 192 g/mol. The number of nitrogens with two attached hydrogens (primary N) is 1. The van der Waals surface area contributed by atoms with E-state index in [0.717, 1.165) is 13.1 Å². The topological polar surface area (TPSA) is 47.7 Å². The summed E-state index contributed by atoms with van der Waals surface area (Å²) in [5.74, 6) is 0. The van der Waals surface area contributed by atoms with E-state index in [1.807, 2.05) is 0 Å². The monoisotopic (exact) mass is 216 g/mol. The molecule has 1 fully saturated rings. The maximum atomic E-state index is 5.99. The Balaban J connectivity index is 2.48. The lowest BCUT2D eigenvalue weighted by atomic mass is 9.97. The van der Waals surface area contributed by atoms with Gasteiger partial charge in [-0.3, -0.25) is 4.90 Å². The van der Waals surface area contributed by atoms with Gasteiger partial charge in [-0.15, -0.1) is 0 Å². The summed E-state index contributed by atoms with van der Waals surface area (Å²) < 4.78 is 10.5. The van der Waals surface area contributed by atoms with Crippen LogP contribution in [0, 0.1) is 0 Å². The third-order valence-corrected chi connectivity index (χ3v) is 3.18. The Morgan fingerprint density at radius 2 is 2.00 bits per heavy atom. The van der Waals surface area contributed by atoms with Crippen molar-refractivity contribution in [2.75, 3.05) is 27.3 Å². The van der Waals surface area contributed by atoms with Crippen LogP contribution in [-0.2, 0) is 9.47 Å². The molecule has 0 amide bonds. The van der Waals surface area contributed by atoms with Gasteiger partial charge in [0.25, 0.3) is 0 Å². The predicted molar refractivity (Wildman–Crippen MR) is 60.7 cm³/mol. The van der Waals surface area contributed by atoms with Crippen LogP contribution in [0.1, 0.15) is 26.2 Å². The van der Waals surface area contributed by atoms with Crippen molar-refractivity contribution in [2.24, 2.45) is 5.73 Å². The molecule has 2 unspecified atom stereocenters. The summed E-state index contributed by atoms with van der Waals surface area (Å²) in [6.45, 7) is 4.01.